The number of rotatable bonds is 6. The highest BCUT2D eigenvalue weighted by molar-refractivity contribution is 6.07. The van der Waals surface area contributed by atoms with E-state index in [-0.39, 0.29) is 5.63 Å². The largest absolute Gasteiger partial charge is 0.493 e. The summed E-state index contributed by atoms with van der Waals surface area (Å²) in [4.78, 5) is 14.4. The maximum atomic E-state index is 12.2. The summed E-state index contributed by atoms with van der Waals surface area (Å²) in [5.41, 5.74) is 3.52. The van der Waals surface area contributed by atoms with E-state index in [1.165, 1.54) is 0 Å². The second kappa shape index (κ2) is 8.20. The van der Waals surface area contributed by atoms with E-state index in [4.69, 9.17) is 13.9 Å². The van der Waals surface area contributed by atoms with Gasteiger partial charge < -0.3 is 13.9 Å². The molecule has 0 radical (unpaired) electrons. The quantitative estimate of drug-likeness (QED) is 0.338. The van der Waals surface area contributed by atoms with E-state index >= 15 is 0 Å². The number of methoxy groups -OCH3 is 2. The van der Waals surface area contributed by atoms with Crippen LogP contribution in [0.4, 0.5) is 0 Å². The maximum Gasteiger partial charge on any atom is 0.336 e. The molecule has 0 saturated carbocycles. The van der Waals surface area contributed by atoms with Crippen molar-refractivity contribution in [3.63, 3.8) is 0 Å². The van der Waals surface area contributed by atoms with Gasteiger partial charge in [0.05, 0.1) is 14.2 Å². The van der Waals surface area contributed by atoms with Gasteiger partial charge in [-0.05, 0) is 59.6 Å². The highest BCUT2D eigenvalue weighted by atomic mass is 16.5. The van der Waals surface area contributed by atoms with Gasteiger partial charge in [-0.1, -0.05) is 30.3 Å². The van der Waals surface area contributed by atoms with Gasteiger partial charge in [-0.3, -0.25) is 4.90 Å². The number of benzene rings is 3. The molecular formula is C25H25NO4. The summed E-state index contributed by atoms with van der Waals surface area (Å²) >= 11 is 0. The van der Waals surface area contributed by atoms with Gasteiger partial charge in [0, 0.05) is 24.5 Å². The van der Waals surface area contributed by atoms with Crippen LogP contribution in [-0.2, 0) is 13.1 Å². The molecular weight excluding hydrogens is 378 g/mol. The van der Waals surface area contributed by atoms with Crippen LogP contribution in [-0.4, -0.2) is 26.2 Å². The van der Waals surface area contributed by atoms with Crippen molar-refractivity contribution >= 4 is 21.7 Å². The summed E-state index contributed by atoms with van der Waals surface area (Å²) in [7, 11) is 5.32. The molecule has 5 heteroatoms. The molecule has 3 aromatic carbocycles. The molecule has 5 nitrogen and oxygen atoms in total. The Balaban J connectivity index is 1.71. The number of aryl methyl sites for hydroxylation is 1. The Bertz CT molecular complexity index is 1280. The zero-order valence-corrected chi connectivity index (χ0v) is 17.7. The standard InChI is InChI=1S/C25H25NO4/c1-16-11-22(28-3)23(29-4)12-18(16)14-26(2)15-19-13-24(27)30-21-10-9-17-7-5-6-8-20(17)25(19)21/h5-13H,14-15H2,1-4H3. The van der Waals surface area contributed by atoms with E-state index in [9.17, 15) is 4.79 Å². The van der Waals surface area contributed by atoms with Gasteiger partial charge in [0.15, 0.2) is 11.5 Å². The van der Waals surface area contributed by atoms with E-state index in [1.54, 1.807) is 20.3 Å². The minimum Gasteiger partial charge on any atom is -0.493 e. The Hall–Kier alpha value is -3.31. The predicted octanol–water partition coefficient (Wildman–Crippen LogP) is 4.90. The first-order chi connectivity index (χ1) is 14.5. The summed E-state index contributed by atoms with van der Waals surface area (Å²) in [6.07, 6.45) is 0. The van der Waals surface area contributed by atoms with Crippen LogP contribution in [0.5, 0.6) is 11.5 Å². The molecule has 4 rings (SSSR count). The first kappa shape index (κ1) is 20.0. The number of fused-ring (bicyclic) bond motifs is 3. The molecule has 0 aliphatic carbocycles. The molecule has 0 bridgehead atoms. The minimum absolute atomic E-state index is 0.330. The summed E-state index contributed by atoms with van der Waals surface area (Å²) in [6, 6.07) is 17.6. The highest BCUT2D eigenvalue weighted by Crippen LogP contribution is 2.32. The van der Waals surface area contributed by atoms with E-state index < -0.39 is 0 Å². The number of nitrogens with zero attached hydrogens (tertiary/aromatic N) is 1. The topological polar surface area (TPSA) is 51.9 Å². The first-order valence-corrected chi connectivity index (χ1v) is 9.84. The fourth-order valence-corrected chi connectivity index (χ4v) is 3.98. The lowest BCUT2D eigenvalue weighted by Crippen LogP contribution is -2.19. The molecule has 4 aromatic rings. The molecule has 0 spiro atoms. The third-order valence-corrected chi connectivity index (χ3v) is 5.44. The summed E-state index contributed by atoms with van der Waals surface area (Å²) in [6.45, 7) is 3.38. The van der Waals surface area contributed by atoms with Gasteiger partial charge in [-0.2, -0.15) is 0 Å². The van der Waals surface area contributed by atoms with Crippen molar-refractivity contribution in [2.24, 2.45) is 0 Å². The molecule has 0 saturated heterocycles. The molecule has 1 heterocycles. The molecule has 154 valence electrons. The van der Waals surface area contributed by atoms with Crippen molar-refractivity contribution in [2.75, 3.05) is 21.3 Å². The van der Waals surface area contributed by atoms with Crippen LogP contribution >= 0.6 is 0 Å². The van der Waals surface area contributed by atoms with Crippen LogP contribution in [0, 0.1) is 6.92 Å². The second-order valence-electron chi connectivity index (χ2n) is 7.56. The lowest BCUT2D eigenvalue weighted by atomic mass is 10.0. The van der Waals surface area contributed by atoms with Crippen LogP contribution in [0.2, 0.25) is 0 Å². The Morgan fingerprint density at radius 1 is 0.900 bits per heavy atom. The van der Waals surface area contributed by atoms with Gasteiger partial charge in [0.2, 0.25) is 0 Å². The van der Waals surface area contributed by atoms with Crippen molar-refractivity contribution in [2.45, 2.75) is 20.0 Å². The lowest BCUT2D eigenvalue weighted by Gasteiger charge is -2.20. The lowest BCUT2D eigenvalue weighted by molar-refractivity contribution is 0.316. The van der Waals surface area contributed by atoms with Crippen LogP contribution in [0.1, 0.15) is 16.7 Å². The molecule has 0 aliphatic rings. The third kappa shape index (κ3) is 3.76. The van der Waals surface area contributed by atoms with E-state index in [1.807, 2.05) is 43.4 Å². The van der Waals surface area contributed by atoms with Gasteiger partial charge >= 0.3 is 5.63 Å². The molecule has 0 unspecified atom stereocenters. The normalized spacial score (nSPS) is 11.4. The van der Waals surface area contributed by atoms with Gasteiger partial charge in [0.1, 0.15) is 5.58 Å². The smallest absolute Gasteiger partial charge is 0.336 e. The summed E-state index contributed by atoms with van der Waals surface area (Å²) < 4.78 is 16.3. The van der Waals surface area contributed by atoms with Crippen molar-refractivity contribution in [3.8, 4) is 11.5 Å². The Morgan fingerprint density at radius 3 is 2.37 bits per heavy atom. The molecule has 0 amide bonds. The number of hydrogen-bond acceptors (Lipinski definition) is 5. The van der Waals surface area contributed by atoms with E-state index in [0.717, 1.165) is 38.6 Å². The number of ether oxygens (including phenoxy) is 2. The molecule has 30 heavy (non-hydrogen) atoms. The van der Waals surface area contributed by atoms with Crippen molar-refractivity contribution in [1.29, 1.82) is 0 Å². The van der Waals surface area contributed by atoms with Crippen LogP contribution in [0.15, 0.2) is 63.8 Å². The average molecular weight is 403 g/mol. The SMILES string of the molecule is COc1cc(C)c(CN(C)Cc2cc(=O)oc3ccc4ccccc4c23)cc1OC. The Kier molecular flexibility index (Phi) is 5.46. The third-order valence-electron chi connectivity index (χ3n) is 5.44. The van der Waals surface area contributed by atoms with Gasteiger partial charge in [-0.25, -0.2) is 4.79 Å². The highest BCUT2D eigenvalue weighted by Gasteiger charge is 2.14. The van der Waals surface area contributed by atoms with Crippen molar-refractivity contribution in [1.82, 2.24) is 4.90 Å². The van der Waals surface area contributed by atoms with Crippen LogP contribution in [0.25, 0.3) is 21.7 Å². The predicted molar refractivity (Wildman–Crippen MR) is 119 cm³/mol. The maximum absolute atomic E-state index is 12.2. The molecule has 0 aliphatic heterocycles. The minimum atomic E-state index is -0.330. The Morgan fingerprint density at radius 2 is 1.60 bits per heavy atom. The van der Waals surface area contributed by atoms with Crippen LogP contribution < -0.4 is 15.1 Å². The van der Waals surface area contributed by atoms with Crippen molar-refractivity contribution < 1.29 is 13.9 Å². The molecule has 0 fully saturated rings. The zero-order chi connectivity index (χ0) is 21.3. The fraction of sp³-hybridized carbons (Fsp3) is 0.240. The average Bonchev–Trinajstić information content (AvgIpc) is 2.74. The molecule has 0 atom stereocenters. The molecule has 1 aromatic heterocycles. The second-order valence-corrected chi connectivity index (χ2v) is 7.56. The van der Waals surface area contributed by atoms with Crippen molar-refractivity contribution in [3.05, 3.63) is 81.7 Å². The van der Waals surface area contributed by atoms with Gasteiger partial charge in [0.25, 0.3) is 0 Å². The van der Waals surface area contributed by atoms with E-state index in [2.05, 4.69) is 24.0 Å². The monoisotopic (exact) mass is 403 g/mol. The number of hydrogen-bond donors (Lipinski definition) is 0. The summed E-state index contributed by atoms with van der Waals surface area (Å²) in [5, 5.41) is 3.20. The fourth-order valence-electron chi connectivity index (χ4n) is 3.98. The molecule has 0 N–H and O–H groups in total. The van der Waals surface area contributed by atoms with Crippen LogP contribution in [0.3, 0.4) is 0 Å². The first-order valence-electron chi connectivity index (χ1n) is 9.84. The zero-order valence-electron chi connectivity index (χ0n) is 17.7. The Labute approximate surface area is 175 Å². The van der Waals surface area contributed by atoms with Gasteiger partial charge in [-0.15, -0.1) is 0 Å². The summed E-state index contributed by atoms with van der Waals surface area (Å²) in [5.74, 6) is 1.43. The van der Waals surface area contributed by atoms with E-state index in [0.29, 0.717) is 24.4 Å².